The maximum atomic E-state index is 15.4. The van der Waals surface area contributed by atoms with Crippen LogP contribution in [-0.2, 0) is 14.4 Å². The molecule has 0 aliphatic rings. The fourth-order valence-corrected chi connectivity index (χ4v) is 13.1. The summed E-state index contributed by atoms with van der Waals surface area (Å²) >= 11 is 0. The highest BCUT2D eigenvalue weighted by Gasteiger charge is 2.31. The van der Waals surface area contributed by atoms with Gasteiger partial charge >= 0.3 is 17.9 Å². The predicted octanol–water partition coefficient (Wildman–Crippen LogP) is 26.6. The molecule has 1 aromatic heterocycles. The molecule has 93 heavy (non-hydrogen) atoms. The molecule has 0 spiro atoms. The second-order valence-corrected chi connectivity index (χ2v) is 27.8. The molecule has 0 amide bonds. The van der Waals surface area contributed by atoms with E-state index in [1.807, 2.05) is 0 Å². The van der Waals surface area contributed by atoms with Gasteiger partial charge in [0.25, 0.3) is 0 Å². The first kappa shape index (κ1) is 82.8. The Morgan fingerprint density at radius 2 is 0.591 bits per heavy atom. The van der Waals surface area contributed by atoms with Crippen LogP contribution in [0.1, 0.15) is 423 Å². The Labute approximate surface area is 568 Å². The average Bonchev–Trinajstić information content (AvgIpc) is 0.745. The van der Waals surface area contributed by atoms with Gasteiger partial charge in [0.2, 0.25) is 11.2 Å². The number of fused-ring (bicyclic) bond motifs is 1. The summed E-state index contributed by atoms with van der Waals surface area (Å²) in [5.74, 6) is -3.13. The standard InChI is InChI=1S/C83H138O10/c1-5-9-13-17-21-25-29-33-37-41-45-49-53-57-61-72(85)78-73(90-75(86)62-58-54-50-46-42-38-34-30-26-22-18-14-10-6-2)69-74-79(82(78)92-76(87)63-59-55-51-47-43-39-35-31-27-23-19-15-11-7-3)80(89)83(81(91-74)70-65-67-71(84)68-66-70)93-77(88)64-60-56-52-48-44-40-36-32-28-24-20-16-12-8-4/h65-69,84H,5-64H2,1-4H3. The normalized spacial score (nSPS) is 11.5. The van der Waals surface area contributed by atoms with E-state index in [0.29, 0.717) is 31.2 Å². The number of ether oxygens (including phenoxy) is 3. The van der Waals surface area contributed by atoms with Gasteiger partial charge in [0.15, 0.2) is 17.3 Å². The lowest BCUT2D eigenvalue weighted by atomic mass is 9.98. The number of aromatic hydroxyl groups is 1. The van der Waals surface area contributed by atoms with Gasteiger partial charge in [0.1, 0.15) is 28.0 Å². The number of phenols is 1. The minimum Gasteiger partial charge on any atom is -0.508 e. The largest absolute Gasteiger partial charge is 0.508 e. The van der Waals surface area contributed by atoms with E-state index in [9.17, 15) is 24.3 Å². The zero-order chi connectivity index (χ0) is 66.9. The Hall–Kier alpha value is -4.47. The summed E-state index contributed by atoms with van der Waals surface area (Å²) in [5.41, 5.74) is -0.692. The van der Waals surface area contributed by atoms with Crippen molar-refractivity contribution in [3.8, 4) is 34.3 Å². The molecule has 0 fully saturated rings. The van der Waals surface area contributed by atoms with Gasteiger partial charge in [-0.15, -0.1) is 0 Å². The third-order valence-corrected chi connectivity index (χ3v) is 19.1. The lowest BCUT2D eigenvalue weighted by Gasteiger charge is -2.18. The maximum Gasteiger partial charge on any atom is 0.311 e. The van der Waals surface area contributed by atoms with Crippen LogP contribution in [0.4, 0.5) is 0 Å². The summed E-state index contributed by atoms with van der Waals surface area (Å²) in [6.45, 7) is 9.03. The number of benzene rings is 2. The number of hydrogen-bond acceptors (Lipinski definition) is 10. The monoisotopic (exact) mass is 1300 g/mol. The molecule has 0 aliphatic carbocycles. The van der Waals surface area contributed by atoms with E-state index in [2.05, 4.69) is 27.7 Å². The van der Waals surface area contributed by atoms with Gasteiger partial charge in [-0.05, 0) is 49.9 Å². The Morgan fingerprint density at radius 1 is 0.333 bits per heavy atom. The van der Waals surface area contributed by atoms with Gasteiger partial charge in [-0.25, -0.2) is 0 Å². The summed E-state index contributed by atoms with van der Waals surface area (Å²) in [5, 5.41) is 10.1. The van der Waals surface area contributed by atoms with Gasteiger partial charge in [-0.2, -0.15) is 0 Å². The van der Waals surface area contributed by atoms with E-state index in [0.717, 1.165) is 89.9 Å². The topological polar surface area (TPSA) is 146 Å². The number of carbonyl (C=O) groups is 4. The minimum absolute atomic E-state index is 0.0128. The zero-order valence-corrected chi connectivity index (χ0v) is 60.4. The maximum absolute atomic E-state index is 15.4. The number of unbranched alkanes of at least 4 members (excludes halogenated alkanes) is 52. The molecule has 10 heteroatoms. The Bertz CT molecular complexity index is 2400. The molecular formula is C83H138O10. The number of carbonyl (C=O) groups excluding carboxylic acids is 4. The van der Waals surface area contributed by atoms with Gasteiger partial charge in [-0.1, -0.05) is 362 Å². The number of esters is 3. The second kappa shape index (κ2) is 57.7. The first-order valence-corrected chi connectivity index (χ1v) is 39.8. The number of ketones is 1. The van der Waals surface area contributed by atoms with Crippen molar-refractivity contribution in [1.82, 2.24) is 0 Å². The highest BCUT2D eigenvalue weighted by molar-refractivity contribution is 6.08. The molecule has 0 saturated heterocycles. The highest BCUT2D eigenvalue weighted by atomic mass is 16.6. The third kappa shape index (κ3) is 40.6. The molecule has 1 heterocycles. The third-order valence-electron chi connectivity index (χ3n) is 19.1. The van der Waals surface area contributed by atoms with Crippen molar-refractivity contribution in [1.29, 1.82) is 0 Å². The van der Waals surface area contributed by atoms with Gasteiger partial charge in [-0.3, -0.25) is 24.0 Å². The van der Waals surface area contributed by atoms with Crippen LogP contribution < -0.4 is 19.6 Å². The van der Waals surface area contributed by atoms with Crippen LogP contribution in [0, 0.1) is 0 Å². The number of rotatable bonds is 65. The predicted molar refractivity (Wildman–Crippen MR) is 391 cm³/mol. The number of hydrogen-bond donors (Lipinski definition) is 1. The Kier molecular flexibility index (Phi) is 51.4. The molecule has 3 aromatic rings. The molecule has 0 atom stereocenters. The van der Waals surface area contributed by atoms with Crippen molar-refractivity contribution in [2.45, 2.75) is 413 Å². The van der Waals surface area contributed by atoms with Crippen LogP contribution in [0.15, 0.2) is 39.5 Å². The SMILES string of the molecule is CCCCCCCCCCCCCCCCC(=O)Oc1cc2oc(-c3ccc(O)cc3)c(OC(=O)CCCCCCCCCCCCCCCC)c(=O)c2c(OC(=O)CCCCCCCCCCCCCCCC)c1C(=O)CCCCCCCCCCCCCCCC. The van der Waals surface area contributed by atoms with E-state index in [4.69, 9.17) is 18.6 Å². The number of Topliss-reactive ketones (excluding diaryl/α,β-unsaturated/α-hetero) is 1. The van der Waals surface area contributed by atoms with E-state index in [1.54, 1.807) is 12.1 Å². The molecule has 1 N–H and O–H groups in total. The lowest BCUT2D eigenvalue weighted by molar-refractivity contribution is -0.135. The van der Waals surface area contributed by atoms with Crippen LogP contribution in [0.25, 0.3) is 22.3 Å². The molecule has 530 valence electrons. The molecule has 0 saturated carbocycles. The molecule has 0 radical (unpaired) electrons. The summed E-state index contributed by atoms with van der Waals surface area (Å²) in [7, 11) is 0. The first-order chi connectivity index (χ1) is 45.6. The van der Waals surface area contributed by atoms with Crippen LogP contribution >= 0.6 is 0 Å². The van der Waals surface area contributed by atoms with E-state index in [-0.39, 0.29) is 65.2 Å². The summed E-state index contributed by atoms with van der Waals surface area (Å²) in [6.07, 6.45) is 65.9. The van der Waals surface area contributed by atoms with Crippen molar-refractivity contribution in [2.75, 3.05) is 0 Å². The van der Waals surface area contributed by atoms with Gasteiger partial charge in [0.05, 0.1) is 0 Å². The van der Waals surface area contributed by atoms with Crippen LogP contribution in [0.5, 0.6) is 23.0 Å². The van der Waals surface area contributed by atoms with Crippen molar-refractivity contribution >= 4 is 34.7 Å². The summed E-state index contributed by atoms with van der Waals surface area (Å²) in [6, 6.07) is 7.43. The van der Waals surface area contributed by atoms with E-state index >= 15 is 4.79 Å². The zero-order valence-electron chi connectivity index (χ0n) is 60.4. The number of phenolic OH excluding ortho intramolecular Hbond substituents is 1. The minimum atomic E-state index is -0.793. The average molecular weight is 1300 g/mol. The fourth-order valence-electron chi connectivity index (χ4n) is 13.1. The molecule has 2 aromatic carbocycles. The molecule has 3 rings (SSSR count). The van der Waals surface area contributed by atoms with Gasteiger partial charge in [0, 0.05) is 37.3 Å². The van der Waals surface area contributed by atoms with Crippen molar-refractivity contribution in [2.24, 2.45) is 0 Å². The lowest BCUT2D eigenvalue weighted by Crippen LogP contribution is -2.20. The van der Waals surface area contributed by atoms with Crippen molar-refractivity contribution in [3.63, 3.8) is 0 Å². The van der Waals surface area contributed by atoms with E-state index in [1.165, 1.54) is 262 Å². The first-order valence-electron chi connectivity index (χ1n) is 39.8. The van der Waals surface area contributed by atoms with Crippen LogP contribution in [0.3, 0.4) is 0 Å². The van der Waals surface area contributed by atoms with E-state index < -0.39 is 34.9 Å². The Morgan fingerprint density at radius 3 is 0.892 bits per heavy atom. The Balaban J connectivity index is 1.89. The molecule has 0 aliphatic heterocycles. The van der Waals surface area contributed by atoms with Crippen LogP contribution in [-0.4, -0.2) is 28.8 Å². The summed E-state index contributed by atoms with van der Waals surface area (Å²) in [4.78, 5) is 72.6. The molecule has 0 unspecified atom stereocenters. The highest BCUT2D eigenvalue weighted by Crippen LogP contribution is 2.42. The van der Waals surface area contributed by atoms with Crippen LogP contribution in [0.2, 0.25) is 0 Å². The molecule has 0 bridgehead atoms. The van der Waals surface area contributed by atoms with Crippen molar-refractivity contribution in [3.05, 3.63) is 46.1 Å². The molecule has 10 nitrogen and oxygen atoms in total. The van der Waals surface area contributed by atoms with Gasteiger partial charge < -0.3 is 23.7 Å². The molecular weight excluding hydrogens is 1160 g/mol. The quantitative estimate of drug-likeness (QED) is 0.0251. The smallest absolute Gasteiger partial charge is 0.311 e. The fraction of sp³-hybridized carbons (Fsp3) is 0.771. The second-order valence-electron chi connectivity index (χ2n) is 27.8. The van der Waals surface area contributed by atoms with Crippen molar-refractivity contribution < 1.29 is 42.9 Å². The summed E-state index contributed by atoms with van der Waals surface area (Å²) < 4.78 is 25.2.